The Bertz CT molecular complexity index is 428. The lowest BCUT2D eigenvalue weighted by Crippen LogP contribution is -2.31. The molecule has 2 rings (SSSR count). The topological polar surface area (TPSA) is 77.5 Å². The number of amides is 1. The maximum Gasteiger partial charge on any atom is 0.287 e. The molecule has 0 aliphatic heterocycles. The molecule has 0 aromatic carbocycles. The van der Waals surface area contributed by atoms with E-state index in [1.165, 1.54) is 0 Å². The van der Waals surface area contributed by atoms with Crippen molar-refractivity contribution >= 4 is 17.5 Å². The van der Waals surface area contributed by atoms with Gasteiger partial charge in [0.2, 0.25) is 0 Å². The summed E-state index contributed by atoms with van der Waals surface area (Å²) in [5.41, 5.74) is 5.84. The van der Waals surface area contributed by atoms with E-state index < -0.39 is 0 Å². The Balaban J connectivity index is 1.54. The summed E-state index contributed by atoms with van der Waals surface area (Å²) < 4.78 is 10.8. The molecule has 0 radical (unpaired) electrons. The van der Waals surface area contributed by atoms with E-state index in [1.54, 1.807) is 12.1 Å². The monoisotopic (exact) mass is 300 g/mol. The molecule has 1 aromatic rings. The molecule has 1 saturated carbocycles. The molecule has 3 N–H and O–H groups in total. The van der Waals surface area contributed by atoms with Crippen LogP contribution in [0.15, 0.2) is 16.5 Å². The van der Waals surface area contributed by atoms with Crippen molar-refractivity contribution in [2.45, 2.75) is 44.2 Å². The Labute approximate surface area is 123 Å². The van der Waals surface area contributed by atoms with Crippen LogP contribution in [0.5, 0.6) is 0 Å². The van der Waals surface area contributed by atoms with Crippen molar-refractivity contribution in [3.05, 3.63) is 23.1 Å². The molecular weight excluding hydrogens is 280 g/mol. The lowest BCUT2D eigenvalue weighted by molar-refractivity contribution is 0.0241. The third kappa shape index (κ3) is 4.81. The second-order valence-corrected chi connectivity index (χ2v) is 5.49. The van der Waals surface area contributed by atoms with E-state index in [1.807, 2.05) is 0 Å². The molecule has 112 valence electrons. The Morgan fingerprint density at radius 3 is 2.80 bits per heavy atom. The summed E-state index contributed by atoms with van der Waals surface area (Å²) >= 11 is 5.61. The first-order chi connectivity index (χ1) is 9.65. The summed E-state index contributed by atoms with van der Waals surface area (Å²) in [5.74, 6) is -0.0160. The van der Waals surface area contributed by atoms with Gasteiger partial charge >= 0.3 is 0 Å². The van der Waals surface area contributed by atoms with Gasteiger partial charge in [-0.1, -0.05) is 0 Å². The molecule has 0 atom stereocenters. The van der Waals surface area contributed by atoms with Crippen LogP contribution in [0.2, 0.25) is 5.22 Å². The van der Waals surface area contributed by atoms with Gasteiger partial charge in [-0.25, -0.2) is 0 Å². The maximum atomic E-state index is 11.6. The van der Waals surface area contributed by atoms with E-state index in [0.29, 0.717) is 25.3 Å². The predicted molar refractivity (Wildman–Crippen MR) is 76.9 cm³/mol. The van der Waals surface area contributed by atoms with Crippen molar-refractivity contribution in [1.29, 1.82) is 0 Å². The Morgan fingerprint density at radius 1 is 1.40 bits per heavy atom. The van der Waals surface area contributed by atoms with E-state index in [9.17, 15) is 4.79 Å². The molecule has 0 saturated heterocycles. The van der Waals surface area contributed by atoms with E-state index in [-0.39, 0.29) is 16.9 Å². The van der Waals surface area contributed by atoms with Gasteiger partial charge in [-0.05, 0) is 55.8 Å². The molecule has 1 amide bonds. The fourth-order valence-corrected chi connectivity index (χ4v) is 2.45. The number of ether oxygens (including phenoxy) is 1. The second kappa shape index (κ2) is 7.67. The highest BCUT2D eigenvalue weighted by Crippen LogP contribution is 2.19. The molecule has 5 nitrogen and oxygen atoms in total. The molecule has 1 aliphatic rings. The van der Waals surface area contributed by atoms with Crippen LogP contribution in [0.3, 0.4) is 0 Å². The number of furan rings is 1. The molecule has 1 aromatic heterocycles. The highest BCUT2D eigenvalue weighted by Gasteiger charge is 2.18. The van der Waals surface area contributed by atoms with Gasteiger partial charge in [0.05, 0.1) is 6.10 Å². The highest BCUT2D eigenvalue weighted by molar-refractivity contribution is 6.29. The number of hydrogen-bond acceptors (Lipinski definition) is 4. The Hall–Kier alpha value is -1.04. The number of nitrogens with two attached hydrogens (primary N) is 1. The van der Waals surface area contributed by atoms with Gasteiger partial charge in [0.25, 0.3) is 5.91 Å². The number of nitrogens with one attached hydrogen (secondary N) is 1. The molecule has 0 spiro atoms. The Morgan fingerprint density at radius 2 is 2.15 bits per heavy atom. The third-order valence-corrected chi connectivity index (χ3v) is 3.68. The van der Waals surface area contributed by atoms with Crippen LogP contribution in [0.25, 0.3) is 0 Å². The van der Waals surface area contributed by atoms with Crippen LogP contribution in [-0.4, -0.2) is 31.2 Å². The van der Waals surface area contributed by atoms with Crippen LogP contribution in [0, 0.1) is 0 Å². The van der Waals surface area contributed by atoms with Crippen LogP contribution in [0.4, 0.5) is 0 Å². The molecule has 6 heteroatoms. The second-order valence-electron chi connectivity index (χ2n) is 5.12. The minimum atomic E-state index is -0.250. The zero-order valence-corrected chi connectivity index (χ0v) is 12.2. The van der Waals surface area contributed by atoms with Crippen molar-refractivity contribution in [2.24, 2.45) is 5.73 Å². The number of halogens is 1. The smallest absolute Gasteiger partial charge is 0.287 e. The highest BCUT2D eigenvalue weighted by atomic mass is 35.5. The SMILES string of the molecule is NC1CCC(OCCCNC(=O)c2ccc(Cl)o2)CC1. The van der Waals surface area contributed by atoms with Crippen LogP contribution >= 0.6 is 11.6 Å². The normalized spacial score (nSPS) is 22.7. The van der Waals surface area contributed by atoms with Crippen molar-refractivity contribution in [3.63, 3.8) is 0 Å². The first-order valence-corrected chi connectivity index (χ1v) is 7.43. The molecule has 0 bridgehead atoms. The summed E-state index contributed by atoms with van der Waals surface area (Å²) in [6, 6.07) is 3.45. The number of hydrogen-bond donors (Lipinski definition) is 2. The molecule has 1 heterocycles. The van der Waals surface area contributed by atoms with Crippen molar-refractivity contribution < 1.29 is 13.9 Å². The first kappa shape index (κ1) is 15.4. The van der Waals surface area contributed by atoms with Crippen molar-refractivity contribution in [3.8, 4) is 0 Å². The van der Waals surface area contributed by atoms with Crippen LogP contribution in [-0.2, 0) is 4.74 Å². The van der Waals surface area contributed by atoms with Crippen molar-refractivity contribution in [2.75, 3.05) is 13.2 Å². The minimum Gasteiger partial charge on any atom is -0.440 e. The summed E-state index contributed by atoms with van der Waals surface area (Å²) in [6.45, 7) is 1.21. The van der Waals surface area contributed by atoms with Gasteiger partial charge in [0.1, 0.15) is 0 Å². The zero-order chi connectivity index (χ0) is 14.4. The molecule has 1 fully saturated rings. The average Bonchev–Trinajstić information content (AvgIpc) is 2.87. The fourth-order valence-electron chi connectivity index (χ4n) is 2.30. The Kier molecular flexibility index (Phi) is 5.88. The molecule has 20 heavy (non-hydrogen) atoms. The van der Waals surface area contributed by atoms with Crippen molar-refractivity contribution in [1.82, 2.24) is 5.32 Å². The predicted octanol–water partition coefficient (Wildman–Crippen LogP) is 2.34. The third-order valence-electron chi connectivity index (χ3n) is 3.48. The summed E-state index contributed by atoms with van der Waals surface area (Å²) in [4.78, 5) is 11.6. The van der Waals surface area contributed by atoms with Gasteiger partial charge in [0, 0.05) is 19.2 Å². The van der Waals surface area contributed by atoms with E-state index in [2.05, 4.69) is 5.32 Å². The van der Waals surface area contributed by atoms with E-state index in [0.717, 1.165) is 32.1 Å². The average molecular weight is 301 g/mol. The fraction of sp³-hybridized carbons (Fsp3) is 0.643. The maximum absolute atomic E-state index is 11.6. The largest absolute Gasteiger partial charge is 0.440 e. The quantitative estimate of drug-likeness (QED) is 0.791. The van der Waals surface area contributed by atoms with Gasteiger partial charge in [0.15, 0.2) is 11.0 Å². The van der Waals surface area contributed by atoms with Gasteiger partial charge < -0.3 is 20.2 Å². The van der Waals surface area contributed by atoms with Gasteiger partial charge in [-0.2, -0.15) is 0 Å². The first-order valence-electron chi connectivity index (χ1n) is 7.06. The standard InChI is InChI=1S/C14H21ClN2O3/c15-13-7-6-12(20-13)14(18)17-8-1-9-19-11-4-2-10(16)3-5-11/h6-7,10-11H,1-5,8-9,16H2,(H,17,18). The minimum absolute atomic E-state index is 0.217. The summed E-state index contributed by atoms with van der Waals surface area (Å²) in [6.07, 6.45) is 5.27. The summed E-state index contributed by atoms with van der Waals surface area (Å²) in [5, 5.41) is 2.98. The lowest BCUT2D eigenvalue weighted by Gasteiger charge is -2.26. The number of carbonyl (C=O) groups excluding carboxylic acids is 1. The van der Waals surface area contributed by atoms with Gasteiger partial charge in [-0.15, -0.1) is 0 Å². The summed E-state index contributed by atoms with van der Waals surface area (Å²) in [7, 11) is 0. The van der Waals surface area contributed by atoms with Crippen LogP contribution in [0.1, 0.15) is 42.7 Å². The zero-order valence-electron chi connectivity index (χ0n) is 11.4. The van der Waals surface area contributed by atoms with E-state index in [4.69, 9.17) is 26.5 Å². The van der Waals surface area contributed by atoms with Crippen LogP contribution < -0.4 is 11.1 Å². The molecular formula is C14H21ClN2O3. The van der Waals surface area contributed by atoms with Gasteiger partial charge in [-0.3, -0.25) is 4.79 Å². The lowest BCUT2D eigenvalue weighted by atomic mass is 9.94. The number of carbonyl (C=O) groups is 1. The molecule has 1 aliphatic carbocycles. The molecule has 0 unspecified atom stereocenters. The van der Waals surface area contributed by atoms with E-state index >= 15 is 0 Å². The number of rotatable bonds is 6.